The molecule has 0 saturated carbocycles. The fraction of sp³-hybridized carbons (Fsp3) is 0.188. The first-order valence-corrected chi connectivity index (χ1v) is 6.41. The molecular formula is C16H17NO4. The number of carbonyl (C=O) groups is 1. The molecule has 5 nitrogen and oxygen atoms in total. The molecule has 2 aromatic carbocycles. The molecule has 1 unspecified atom stereocenters. The number of rotatable bonds is 5. The number of hydrogen-bond acceptors (Lipinski definition) is 5. The van der Waals surface area contributed by atoms with Crippen LogP contribution in [0.15, 0.2) is 48.5 Å². The lowest BCUT2D eigenvalue weighted by Crippen LogP contribution is -2.22. The van der Waals surface area contributed by atoms with Crippen LogP contribution in [-0.2, 0) is 9.53 Å². The molecule has 0 aliphatic carbocycles. The van der Waals surface area contributed by atoms with Crippen molar-refractivity contribution < 1.29 is 19.4 Å². The van der Waals surface area contributed by atoms with E-state index in [-0.39, 0.29) is 5.75 Å². The molecule has 0 saturated heterocycles. The minimum Gasteiger partial charge on any atom is -0.508 e. The standard InChI is InChI=1S/C16H17NO4/c1-20-14-9-5-12(6-10-14)17-15(16(19)21-2)11-3-7-13(18)8-4-11/h3-10,15,17-18H,1-2H3. The normalized spacial score (nSPS) is 11.5. The highest BCUT2D eigenvalue weighted by Gasteiger charge is 2.21. The molecule has 0 spiro atoms. The Morgan fingerprint density at radius 2 is 1.67 bits per heavy atom. The molecule has 2 aromatic rings. The van der Waals surface area contributed by atoms with E-state index in [9.17, 15) is 9.90 Å². The van der Waals surface area contributed by atoms with Gasteiger partial charge in [0.1, 0.15) is 11.5 Å². The number of carbonyl (C=O) groups excluding carboxylic acids is 1. The van der Waals surface area contributed by atoms with Gasteiger partial charge in [-0.2, -0.15) is 0 Å². The average molecular weight is 287 g/mol. The van der Waals surface area contributed by atoms with Gasteiger partial charge in [0.15, 0.2) is 6.04 Å². The SMILES string of the molecule is COC(=O)C(Nc1ccc(OC)cc1)c1ccc(O)cc1. The Bertz CT molecular complexity index is 593. The molecule has 0 amide bonds. The quantitative estimate of drug-likeness (QED) is 0.828. The Kier molecular flexibility index (Phi) is 4.66. The summed E-state index contributed by atoms with van der Waals surface area (Å²) >= 11 is 0. The first-order chi connectivity index (χ1) is 10.1. The van der Waals surface area contributed by atoms with E-state index >= 15 is 0 Å². The number of methoxy groups -OCH3 is 2. The van der Waals surface area contributed by atoms with Crippen LogP contribution in [0.4, 0.5) is 5.69 Å². The zero-order valence-electron chi connectivity index (χ0n) is 11.9. The molecular weight excluding hydrogens is 270 g/mol. The maximum absolute atomic E-state index is 12.0. The van der Waals surface area contributed by atoms with Crippen LogP contribution >= 0.6 is 0 Å². The van der Waals surface area contributed by atoms with Gasteiger partial charge in [0, 0.05) is 5.69 Å². The number of esters is 1. The van der Waals surface area contributed by atoms with E-state index in [2.05, 4.69) is 5.32 Å². The monoisotopic (exact) mass is 287 g/mol. The molecule has 0 radical (unpaired) electrons. The van der Waals surface area contributed by atoms with Gasteiger partial charge in [0.2, 0.25) is 0 Å². The second-order valence-electron chi connectivity index (χ2n) is 4.42. The summed E-state index contributed by atoms with van der Waals surface area (Å²) in [6.45, 7) is 0. The number of benzene rings is 2. The molecule has 0 aliphatic heterocycles. The smallest absolute Gasteiger partial charge is 0.332 e. The topological polar surface area (TPSA) is 67.8 Å². The number of anilines is 1. The van der Waals surface area contributed by atoms with E-state index in [1.54, 1.807) is 31.4 Å². The van der Waals surface area contributed by atoms with Crippen molar-refractivity contribution in [3.05, 3.63) is 54.1 Å². The highest BCUT2D eigenvalue weighted by Crippen LogP contribution is 2.24. The third-order valence-electron chi connectivity index (χ3n) is 3.06. The van der Waals surface area contributed by atoms with E-state index in [0.717, 1.165) is 11.4 Å². The predicted octanol–water partition coefficient (Wildman–Crippen LogP) is 2.73. The lowest BCUT2D eigenvalue weighted by atomic mass is 10.1. The third-order valence-corrected chi connectivity index (χ3v) is 3.06. The number of hydrogen-bond donors (Lipinski definition) is 2. The maximum Gasteiger partial charge on any atom is 0.332 e. The molecule has 5 heteroatoms. The molecule has 2 N–H and O–H groups in total. The van der Waals surface area contributed by atoms with Crippen LogP contribution in [0.3, 0.4) is 0 Å². The summed E-state index contributed by atoms with van der Waals surface area (Å²) in [5.74, 6) is 0.475. The van der Waals surface area contributed by atoms with Crippen molar-refractivity contribution >= 4 is 11.7 Å². The lowest BCUT2D eigenvalue weighted by molar-refractivity contribution is -0.141. The Hall–Kier alpha value is -2.69. The molecule has 2 rings (SSSR count). The second-order valence-corrected chi connectivity index (χ2v) is 4.42. The van der Waals surface area contributed by atoms with Crippen molar-refractivity contribution in [3.63, 3.8) is 0 Å². The average Bonchev–Trinajstić information content (AvgIpc) is 2.53. The summed E-state index contributed by atoms with van der Waals surface area (Å²) < 4.78 is 9.92. The van der Waals surface area contributed by atoms with Crippen LogP contribution in [0.1, 0.15) is 11.6 Å². The van der Waals surface area contributed by atoms with E-state index in [1.807, 2.05) is 12.1 Å². The van der Waals surface area contributed by atoms with Gasteiger partial charge in [0.05, 0.1) is 14.2 Å². The molecule has 0 fully saturated rings. The highest BCUT2D eigenvalue weighted by atomic mass is 16.5. The zero-order valence-corrected chi connectivity index (χ0v) is 11.9. The largest absolute Gasteiger partial charge is 0.508 e. The Balaban J connectivity index is 2.23. The fourth-order valence-corrected chi connectivity index (χ4v) is 1.92. The van der Waals surface area contributed by atoms with Gasteiger partial charge in [-0.3, -0.25) is 0 Å². The number of ether oxygens (including phenoxy) is 2. The first kappa shape index (κ1) is 14.7. The predicted molar refractivity (Wildman–Crippen MR) is 79.5 cm³/mol. The maximum atomic E-state index is 12.0. The fourth-order valence-electron chi connectivity index (χ4n) is 1.92. The van der Waals surface area contributed by atoms with E-state index in [4.69, 9.17) is 9.47 Å². The van der Waals surface area contributed by atoms with E-state index in [0.29, 0.717) is 5.56 Å². The van der Waals surface area contributed by atoms with Crippen LogP contribution < -0.4 is 10.1 Å². The summed E-state index contributed by atoms with van der Waals surface area (Å²) in [6, 6.07) is 13.0. The van der Waals surface area contributed by atoms with Gasteiger partial charge in [-0.15, -0.1) is 0 Å². The minimum absolute atomic E-state index is 0.145. The van der Waals surface area contributed by atoms with E-state index < -0.39 is 12.0 Å². The molecule has 21 heavy (non-hydrogen) atoms. The molecule has 0 aromatic heterocycles. The van der Waals surface area contributed by atoms with Crippen LogP contribution in [0.25, 0.3) is 0 Å². The number of phenolic OH excluding ortho intramolecular Hbond substituents is 1. The first-order valence-electron chi connectivity index (χ1n) is 6.41. The van der Waals surface area contributed by atoms with Gasteiger partial charge in [0.25, 0.3) is 0 Å². The van der Waals surface area contributed by atoms with Gasteiger partial charge >= 0.3 is 5.97 Å². The van der Waals surface area contributed by atoms with Gasteiger partial charge in [-0.25, -0.2) is 4.79 Å². The summed E-state index contributed by atoms with van der Waals surface area (Å²) in [5.41, 5.74) is 1.47. The summed E-state index contributed by atoms with van der Waals surface area (Å²) in [4.78, 5) is 12.0. The van der Waals surface area contributed by atoms with Gasteiger partial charge < -0.3 is 19.9 Å². The van der Waals surface area contributed by atoms with Crippen molar-refractivity contribution in [2.75, 3.05) is 19.5 Å². The van der Waals surface area contributed by atoms with Crippen molar-refractivity contribution in [1.82, 2.24) is 0 Å². The molecule has 0 aliphatic rings. The van der Waals surface area contributed by atoms with Crippen molar-refractivity contribution in [3.8, 4) is 11.5 Å². The van der Waals surface area contributed by atoms with E-state index in [1.165, 1.54) is 19.2 Å². The Labute approximate surface area is 123 Å². The zero-order chi connectivity index (χ0) is 15.2. The van der Waals surface area contributed by atoms with Gasteiger partial charge in [-0.1, -0.05) is 12.1 Å². The Morgan fingerprint density at radius 1 is 1.05 bits per heavy atom. The Morgan fingerprint density at radius 3 is 2.19 bits per heavy atom. The van der Waals surface area contributed by atoms with Gasteiger partial charge in [-0.05, 0) is 42.0 Å². The van der Waals surface area contributed by atoms with Crippen LogP contribution in [0.5, 0.6) is 11.5 Å². The molecule has 110 valence electrons. The van der Waals surface area contributed by atoms with Crippen molar-refractivity contribution in [2.45, 2.75) is 6.04 Å². The van der Waals surface area contributed by atoms with Crippen LogP contribution in [0.2, 0.25) is 0 Å². The molecule has 1 atom stereocenters. The van der Waals surface area contributed by atoms with Crippen molar-refractivity contribution in [2.24, 2.45) is 0 Å². The number of aromatic hydroxyl groups is 1. The third kappa shape index (κ3) is 3.66. The lowest BCUT2D eigenvalue weighted by Gasteiger charge is -2.18. The summed E-state index contributed by atoms with van der Waals surface area (Å²) in [6.07, 6.45) is 0. The minimum atomic E-state index is -0.649. The molecule has 0 heterocycles. The van der Waals surface area contributed by atoms with Crippen LogP contribution in [0, 0.1) is 0 Å². The number of phenols is 1. The van der Waals surface area contributed by atoms with Crippen molar-refractivity contribution in [1.29, 1.82) is 0 Å². The summed E-state index contributed by atoms with van der Waals surface area (Å²) in [7, 11) is 2.93. The van der Waals surface area contributed by atoms with Crippen LogP contribution in [-0.4, -0.2) is 25.3 Å². The molecule has 0 bridgehead atoms. The summed E-state index contributed by atoms with van der Waals surface area (Å²) in [5, 5.41) is 12.4. The second kappa shape index (κ2) is 6.65. The number of nitrogens with one attached hydrogen (secondary N) is 1. The highest BCUT2D eigenvalue weighted by molar-refractivity contribution is 5.81.